The van der Waals surface area contributed by atoms with Crippen LogP contribution < -0.4 is 0 Å². The molecule has 0 fully saturated rings. The van der Waals surface area contributed by atoms with Crippen molar-refractivity contribution in [3.05, 3.63) is 182 Å². The van der Waals surface area contributed by atoms with Gasteiger partial charge in [0.1, 0.15) is 0 Å². The SMILES string of the molecule is c1ccc(-c2ccc(-c3nc(-c4cccc(-c5cccc6ccccc56)c4)nc(-c4cccc(-c5cccc6ccccc56)c4)n3)cc2)nc1. The van der Waals surface area contributed by atoms with Gasteiger partial charge in [0.25, 0.3) is 0 Å². The Morgan fingerprint density at radius 3 is 1.28 bits per heavy atom. The van der Waals surface area contributed by atoms with Crippen LogP contribution in [0, 0.1) is 0 Å². The number of nitrogens with zero attached hydrogens (tertiary/aromatic N) is 4. The van der Waals surface area contributed by atoms with Crippen molar-refractivity contribution >= 4 is 21.5 Å². The van der Waals surface area contributed by atoms with E-state index in [1.807, 2.05) is 24.4 Å². The lowest BCUT2D eigenvalue weighted by Crippen LogP contribution is -2.00. The Balaban J connectivity index is 1.19. The number of aromatic nitrogens is 4. The third-order valence-corrected chi connectivity index (χ3v) is 9.18. The molecule has 4 heteroatoms. The van der Waals surface area contributed by atoms with E-state index in [9.17, 15) is 0 Å². The molecule has 0 saturated carbocycles. The van der Waals surface area contributed by atoms with Crippen LogP contribution >= 0.6 is 0 Å². The molecule has 9 rings (SSSR count). The van der Waals surface area contributed by atoms with Gasteiger partial charge in [0.05, 0.1) is 5.69 Å². The summed E-state index contributed by atoms with van der Waals surface area (Å²) < 4.78 is 0. The van der Waals surface area contributed by atoms with E-state index in [4.69, 9.17) is 15.0 Å². The molecule has 2 aromatic heterocycles. The molecule has 50 heavy (non-hydrogen) atoms. The molecule has 0 aliphatic carbocycles. The molecule has 0 aliphatic rings. The largest absolute Gasteiger partial charge is 0.256 e. The lowest BCUT2D eigenvalue weighted by Gasteiger charge is -2.12. The van der Waals surface area contributed by atoms with E-state index in [1.54, 1.807) is 0 Å². The standard InChI is InChI=1S/C46H30N4/c1-3-19-39-31(11-1)13-9-21-41(39)35-15-7-17-37(29-35)45-48-44(34-26-24-33(25-27-34)43-23-5-6-28-47-43)49-46(50-45)38-18-8-16-36(30-38)42-22-10-14-32-12-2-4-20-40(32)42/h1-30H. The van der Waals surface area contributed by atoms with Crippen LogP contribution in [0.3, 0.4) is 0 Å². The molecular formula is C46H30N4. The number of hydrogen-bond acceptors (Lipinski definition) is 4. The van der Waals surface area contributed by atoms with Crippen LogP contribution in [0.2, 0.25) is 0 Å². The molecule has 0 bridgehead atoms. The second-order valence-corrected chi connectivity index (χ2v) is 12.3. The molecule has 2 heterocycles. The van der Waals surface area contributed by atoms with Crippen molar-refractivity contribution in [2.75, 3.05) is 0 Å². The van der Waals surface area contributed by atoms with Crippen LogP contribution in [-0.2, 0) is 0 Å². The van der Waals surface area contributed by atoms with E-state index >= 15 is 0 Å². The first-order valence-corrected chi connectivity index (χ1v) is 16.7. The molecule has 0 radical (unpaired) electrons. The highest BCUT2D eigenvalue weighted by molar-refractivity contribution is 5.98. The Hall–Kier alpha value is -6.78. The van der Waals surface area contributed by atoms with Gasteiger partial charge in [-0.05, 0) is 68.1 Å². The number of pyridine rings is 1. The third kappa shape index (κ3) is 5.59. The van der Waals surface area contributed by atoms with Gasteiger partial charge < -0.3 is 0 Å². The first-order valence-electron chi connectivity index (χ1n) is 16.7. The van der Waals surface area contributed by atoms with E-state index in [0.29, 0.717) is 17.5 Å². The zero-order valence-corrected chi connectivity index (χ0v) is 27.1. The molecule has 4 nitrogen and oxygen atoms in total. The van der Waals surface area contributed by atoms with Crippen molar-refractivity contribution in [2.45, 2.75) is 0 Å². The van der Waals surface area contributed by atoms with Gasteiger partial charge >= 0.3 is 0 Å². The summed E-state index contributed by atoms with van der Waals surface area (Å²) in [6.07, 6.45) is 1.81. The second kappa shape index (κ2) is 12.7. The number of fused-ring (bicyclic) bond motifs is 2. The maximum absolute atomic E-state index is 5.13. The molecule has 0 saturated heterocycles. The Bertz CT molecular complexity index is 2500. The Morgan fingerprint density at radius 1 is 0.300 bits per heavy atom. The minimum atomic E-state index is 0.615. The first-order chi connectivity index (χ1) is 24.8. The van der Waals surface area contributed by atoms with Crippen molar-refractivity contribution < 1.29 is 0 Å². The van der Waals surface area contributed by atoms with Gasteiger partial charge in [-0.15, -0.1) is 0 Å². The van der Waals surface area contributed by atoms with Gasteiger partial charge in [0, 0.05) is 28.5 Å². The van der Waals surface area contributed by atoms with Gasteiger partial charge in [-0.3, -0.25) is 4.98 Å². The zero-order chi connectivity index (χ0) is 33.3. The van der Waals surface area contributed by atoms with Gasteiger partial charge in [0.15, 0.2) is 17.5 Å². The molecule has 0 atom stereocenters. The van der Waals surface area contributed by atoms with Crippen molar-refractivity contribution in [3.63, 3.8) is 0 Å². The van der Waals surface area contributed by atoms with E-state index in [1.165, 1.54) is 32.7 Å². The van der Waals surface area contributed by atoms with E-state index in [2.05, 4.69) is 163 Å². The summed E-state index contributed by atoms with van der Waals surface area (Å²) in [5.41, 5.74) is 9.29. The van der Waals surface area contributed by atoms with E-state index in [0.717, 1.165) is 39.1 Å². The van der Waals surface area contributed by atoms with E-state index < -0.39 is 0 Å². The van der Waals surface area contributed by atoms with Gasteiger partial charge in [-0.1, -0.05) is 152 Å². The molecule has 0 unspecified atom stereocenters. The first kappa shape index (κ1) is 29.4. The lowest BCUT2D eigenvalue weighted by atomic mass is 9.96. The van der Waals surface area contributed by atoms with Crippen LogP contribution in [0.4, 0.5) is 0 Å². The highest BCUT2D eigenvalue weighted by Crippen LogP contribution is 2.34. The minimum Gasteiger partial charge on any atom is -0.256 e. The molecule has 0 N–H and O–H groups in total. The molecule has 9 aromatic rings. The van der Waals surface area contributed by atoms with Gasteiger partial charge in [-0.2, -0.15) is 0 Å². The summed E-state index contributed by atoms with van der Waals surface area (Å²) in [5.74, 6) is 1.86. The topological polar surface area (TPSA) is 51.6 Å². The Kier molecular flexibility index (Phi) is 7.45. The molecular weight excluding hydrogens is 609 g/mol. The zero-order valence-electron chi connectivity index (χ0n) is 27.1. The highest BCUT2D eigenvalue weighted by Gasteiger charge is 2.15. The number of rotatable bonds is 6. The fourth-order valence-electron chi connectivity index (χ4n) is 6.69. The summed E-state index contributed by atoms with van der Waals surface area (Å²) in [5, 5.41) is 4.84. The summed E-state index contributed by atoms with van der Waals surface area (Å²) >= 11 is 0. The van der Waals surface area contributed by atoms with Crippen LogP contribution in [0.15, 0.2) is 182 Å². The van der Waals surface area contributed by atoms with Crippen molar-refractivity contribution in [1.82, 2.24) is 19.9 Å². The molecule has 0 aliphatic heterocycles. The van der Waals surface area contributed by atoms with Crippen LogP contribution in [0.1, 0.15) is 0 Å². The third-order valence-electron chi connectivity index (χ3n) is 9.18. The summed E-state index contributed by atoms with van der Waals surface area (Å²) in [6.45, 7) is 0. The molecule has 0 spiro atoms. The molecule has 234 valence electrons. The van der Waals surface area contributed by atoms with Crippen molar-refractivity contribution in [2.24, 2.45) is 0 Å². The summed E-state index contributed by atoms with van der Waals surface area (Å²) in [6, 6.07) is 61.1. The lowest BCUT2D eigenvalue weighted by molar-refractivity contribution is 1.07. The summed E-state index contributed by atoms with van der Waals surface area (Å²) in [4.78, 5) is 19.8. The Morgan fingerprint density at radius 2 is 0.740 bits per heavy atom. The van der Waals surface area contributed by atoms with Crippen molar-refractivity contribution in [1.29, 1.82) is 0 Å². The molecule has 0 amide bonds. The maximum atomic E-state index is 5.13. The number of hydrogen-bond donors (Lipinski definition) is 0. The normalized spacial score (nSPS) is 11.2. The summed E-state index contributed by atoms with van der Waals surface area (Å²) in [7, 11) is 0. The van der Waals surface area contributed by atoms with Crippen LogP contribution in [-0.4, -0.2) is 19.9 Å². The van der Waals surface area contributed by atoms with E-state index in [-0.39, 0.29) is 0 Å². The van der Waals surface area contributed by atoms with Crippen LogP contribution in [0.5, 0.6) is 0 Å². The van der Waals surface area contributed by atoms with Crippen LogP contribution in [0.25, 0.3) is 89.2 Å². The monoisotopic (exact) mass is 638 g/mol. The quantitative estimate of drug-likeness (QED) is 0.182. The maximum Gasteiger partial charge on any atom is 0.164 e. The highest BCUT2D eigenvalue weighted by atomic mass is 15.0. The fourth-order valence-corrected chi connectivity index (χ4v) is 6.69. The molecule has 7 aromatic carbocycles. The minimum absolute atomic E-state index is 0.615. The smallest absolute Gasteiger partial charge is 0.164 e. The predicted molar refractivity (Wildman–Crippen MR) is 205 cm³/mol. The van der Waals surface area contributed by atoms with Crippen molar-refractivity contribution in [3.8, 4) is 67.7 Å². The average Bonchev–Trinajstić information content (AvgIpc) is 3.21. The van der Waals surface area contributed by atoms with Gasteiger partial charge in [0.2, 0.25) is 0 Å². The Labute approximate surface area is 290 Å². The average molecular weight is 639 g/mol. The predicted octanol–water partition coefficient (Wildman–Crippen LogP) is 11.6. The fraction of sp³-hybridized carbons (Fsp3) is 0. The van der Waals surface area contributed by atoms with Gasteiger partial charge in [-0.25, -0.2) is 15.0 Å². The second-order valence-electron chi connectivity index (χ2n) is 12.3. The number of benzene rings is 7.